The molecular weight excluding hydrogens is 215 g/mol. The number of hydrogen-bond acceptors (Lipinski definition) is 4. The Kier molecular flexibility index (Phi) is 4.32. The molecule has 0 aromatic heterocycles. The van der Waals surface area contributed by atoms with E-state index in [4.69, 9.17) is 0 Å². The van der Waals surface area contributed by atoms with Crippen LogP contribution in [-0.2, 0) is 14.3 Å². The number of carbonyl (C=O) groups is 1. The summed E-state index contributed by atoms with van der Waals surface area (Å²) in [5.74, 6) is -0.823. The van der Waals surface area contributed by atoms with E-state index in [-0.39, 0.29) is 16.9 Å². The molecule has 1 rings (SSSR count). The molecule has 0 atom stereocenters. The first-order valence-electron chi connectivity index (χ1n) is 4.45. The Hall–Kier alpha value is -2.04. The van der Waals surface area contributed by atoms with Gasteiger partial charge in [0.25, 0.3) is 0 Å². The topological polar surface area (TPSA) is 55.8 Å². The zero-order valence-corrected chi connectivity index (χ0v) is 8.64. The van der Waals surface area contributed by atoms with Crippen LogP contribution in [-0.4, -0.2) is 25.0 Å². The first-order chi connectivity index (χ1) is 7.70. The standard InChI is InChI=1S/C11H11FO4/c1-15-11(14)9(6-16-7-12)8-4-2-3-5-10(8)13/h2-6,13H,7H2,1H3/b9-6-. The predicted octanol–water partition coefficient (Wildman–Crippen LogP) is 1.85. The number of benzene rings is 1. The van der Waals surface area contributed by atoms with E-state index in [1.807, 2.05) is 0 Å². The minimum absolute atomic E-state index is 0.0433. The highest BCUT2D eigenvalue weighted by atomic mass is 19.1. The smallest absolute Gasteiger partial charge is 0.341 e. The Morgan fingerprint density at radius 1 is 1.50 bits per heavy atom. The van der Waals surface area contributed by atoms with Gasteiger partial charge in [-0.1, -0.05) is 18.2 Å². The maximum atomic E-state index is 11.9. The highest BCUT2D eigenvalue weighted by molar-refractivity contribution is 6.16. The Morgan fingerprint density at radius 2 is 2.19 bits per heavy atom. The number of para-hydroxylation sites is 1. The third-order valence-electron chi connectivity index (χ3n) is 1.86. The maximum absolute atomic E-state index is 11.9. The van der Waals surface area contributed by atoms with Gasteiger partial charge < -0.3 is 14.6 Å². The molecule has 0 heterocycles. The molecule has 4 nitrogen and oxygen atoms in total. The second-order valence-electron chi connectivity index (χ2n) is 2.82. The number of alkyl halides is 1. The van der Waals surface area contributed by atoms with E-state index in [0.717, 1.165) is 6.26 Å². The Bertz CT molecular complexity index is 401. The highest BCUT2D eigenvalue weighted by Crippen LogP contribution is 2.25. The minimum atomic E-state index is -1.06. The van der Waals surface area contributed by atoms with E-state index in [1.165, 1.54) is 19.2 Å². The van der Waals surface area contributed by atoms with Crippen LogP contribution in [0.3, 0.4) is 0 Å². The molecule has 0 bridgehead atoms. The van der Waals surface area contributed by atoms with Gasteiger partial charge in [0.05, 0.1) is 7.11 Å². The maximum Gasteiger partial charge on any atom is 0.341 e. The molecule has 0 amide bonds. The van der Waals surface area contributed by atoms with Crippen LogP contribution in [0.1, 0.15) is 5.56 Å². The summed E-state index contributed by atoms with van der Waals surface area (Å²) in [6.07, 6.45) is 0.918. The van der Waals surface area contributed by atoms with Gasteiger partial charge in [0, 0.05) is 5.56 Å². The Balaban J connectivity index is 3.11. The lowest BCUT2D eigenvalue weighted by atomic mass is 10.1. The summed E-state index contributed by atoms with van der Waals surface area (Å²) >= 11 is 0. The van der Waals surface area contributed by atoms with E-state index in [2.05, 4.69) is 9.47 Å². The van der Waals surface area contributed by atoms with Crippen LogP contribution in [0, 0.1) is 0 Å². The van der Waals surface area contributed by atoms with Gasteiger partial charge in [0.1, 0.15) is 17.6 Å². The van der Waals surface area contributed by atoms with Crippen molar-refractivity contribution in [3.05, 3.63) is 36.1 Å². The fourth-order valence-electron chi connectivity index (χ4n) is 1.15. The van der Waals surface area contributed by atoms with Crippen molar-refractivity contribution in [2.75, 3.05) is 14.0 Å². The van der Waals surface area contributed by atoms with Crippen molar-refractivity contribution < 1.29 is 23.8 Å². The molecular formula is C11H11FO4. The molecule has 0 unspecified atom stereocenters. The number of phenols is 1. The Labute approximate surface area is 91.9 Å². The zero-order valence-electron chi connectivity index (χ0n) is 8.64. The number of halogens is 1. The molecule has 0 radical (unpaired) electrons. The first kappa shape index (κ1) is 12.0. The van der Waals surface area contributed by atoms with Gasteiger partial charge in [-0.05, 0) is 6.07 Å². The summed E-state index contributed by atoms with van der Waals surface area (Å²) in [6.45, 7) is -1.06. The molecule has 0 fully saturated rings. The van der Waals surface area contributed by atoms with Crippen molar-refractivity contribution in [1.82, 2.24) is 0 Å². The number of phenolic OH excluding ortho intramolecular Hbond substituents is 1. The summed E-state index contributed by atoms with van der Waals surface area (Å²) in [5.41, 5.74) is 0.182. The highest BCUT2D eigenvalue weighted by Gasteiger charge is 2.16. The molecule has 0 spiro atoms. The summed E-state index contributed by atoms with van der Waals surface area (Å²) in [5, 5.41) is 9.53. The van der Waals surface area contributed by atoms with Crippen LogP contribution in [0.2, 0.25) is 0 Å². The minimum Gasteiger partial charge on any atom is -0.507 e. The molecule has 1 N–H and O–H groups in total. The summed E-state index contributed by atoms with van der Waals surface area (Å²) in [7, 11) is 1.19. The average molecular weight is 226 g/mol. The number of carbonyl (C=O) groups excluding carboxylic acids is 1. The van der Waals surface area contributed by atoms with Crippen molar-refractivity contribution in [3.63, 3.8) is 0 Å². The second kappa shape index (κ2) is 5.75. The van der Waals surface area contributed by atoms with E-state index < -0.39 is 12.8 Å². The van der Waals surface area contributed by atoms with Crippen LogP contribution in [0.25, 0.3) is 5.57 Å². The van der Waals surface area contributed by atoms with Crippen LogP contribution < -0.4 is 0 Å². The van der Waals surface area contributed by atoms with Gasteiger partial charge in [-0.25, -0.2) is 9.18 Å². The van der Waals surface area contributed by atoms with E-state index in [0.29, 0.717) is 0 Å². The molecule has 0 aliphatic rings. The lowest BCUT2D eigenvalue weighted by Crippen LogP contribution is -2.04. The fraction of sp³-hybridized carbons (Fsp3) is 0.182. The molecule has 0 aliphatic heterocycles. The van der Waals surface area contributed by atoms with Crippen LogP contribution in [0.15, 0.2) is 30.5 Å². The SMILES string of the molecule is COC(=O)/C(=C\OCF)c1ccccc1O. The molecule has 0 aliphatic carbocycles. The fourth-order valence-corrected chi connectivity index (χ4v) is 1.15. The van der Waals surface area contributed by atoms with Gasteiger partial charge in [0.15, 0.2) is 0 Å². The number of methoxy groups -OCH3 is 1. The number of rotatable bonds is 4. The average Bonchev–Trinajstić information content (AvgIpc) is 2.31. The number of hydrogen-bond donors (Lipinski definition) is 1. The van der Waals surface area contributed by atoms with Crippen molar-refractivity contribution in [1.29, 1.82) is 0 Å². The van der Waals surface area contributed by atoms with Crippen molar-refractivity contribution in [3.8, 4) is 5.75 Å². The second-order valence-corrected chi connectivity index (χ2v) is 2.82. The quantitative estimate of drug-likeness (QED) is 0.483. The molecule has 1 aromatic rings. The molecule has 16 heavy (non-hydrogen) atoms. The lowest BCUT2D eigenvalue weighted by molar-refractivity contribution is -0.133. The van der Waals surface area contributed by atoms with Gasteiger partial charge in [-0.15, -0.1) is 0 Å². The molecule has 5 heteroatoms. The predicted molar refractivity (Wildman–Crippen MR) is 55.2 cm³/mol. The van der Waals surface area contributed by atoms with Crippen molar-refractivity contribution in [2.24, 2.45) is 0 Å². The van der Waals surface area contributed by atoms with Gasteiger partial charge in [0.2, 0.25) is 6.86 Å². The Morgan fingerprint density at radius 3 is 2.75 bits per heavy atom. The molecule has 0 saturated carbocycles. The number of esters is 1. The monoisotopic (exact) mass is 226 g/mol. The molecule has 0 saturated heterocycles. The number of aromatic hydroxyl groups is 1. The van der Waals surface area contributed by atoms with Crippen molar-refractivity contribution >= 4 is 11.5 Å². The molecule has 1 aromatic carbocycles. The first-order valence-corrected chi connectivity index (χ1v) is 4.45. The van der Waals surface area contributed by atoms with Crippen LogP contribution in [0.5, 0.6) is 5.75 Å². The van der Waals surface area contributed by atoms with Gasteiger partial charge in [-0.3, -0.25) is 0 Å². The summed E-state index contributed by atoms with van der Waals surface area (Å²) in [4.78, 5) is 11.4. The zero-order chi connectivity index (χ0) is 12.0. The summed E-state index contributed by atoms with van der Waals surface area (Å²) in [6, 6.07) is 6.13. The van der Waals surface area contributed by atoms with E-state index >= 15 is 0 Å². The third kappa shape index (κ3) is 2.73. The van der Waals surface area contributed by atoms with Gasteiger partial charge >= 0.3 is 5.97 Å². The largest absolute Gasteiger partial charge is 0.507 e. The normalized spacial score (nSPS) is 11.0. The van der Waals surface area contributed by atoms with Crippen LogP contribution >= 0.6 is 0 Å². The van der Waals surface area contributed by atoms with Crippen LogP contribution in [0.4, 0.5) is 4.39 Å². The number of ether oxygens (including phenoxy) is 2. The third-order valence-corrected chi connectivity index (χ3v) is 1.86. The van der Waals surface area contributed by atoms with Crippen molar-refractivity contribution in [2.45, 2.75) is 0 Å². The van der Waals surface area contributed by atoms with E-state index in [1.54, 1.807) is 12.1 Å². The lowest BCUT2D eigenvalue weighted by Gasteiger charge is -2.07. The molecule has 86 valence electrons. The van der Waals surface area contributed by atoms with E-state index in [9.17, 15) is 14.3 Å². The summed E-state index contributed by atoms with van der Waals surface area (Å²) < 4.78 is 20.7. The van der Waals surface area contributed by atoms with Gasteiger partial charge in [-0.2, -0.15) is 0 Å².